The van der Waals surface area contributed by atoms with Crippen LogP contribution in [0.1, 0.15) is 34.3 Å². The predicted octanol–water partition coefficient (Wildman–Crippen LogP) is 1.66. The van der Waals surface area contributed by atoms with Crippen LogP contribution in [0.25, 0.3) is 0 Å². The molecular weight excluding hydrogens is 240 g/mol. The molecule has 1 N–H and O–H groups in total. The quantitative estimate of drug-likeness (QED) is 0.898. The minimum atomic E-state index is -0.185. The second kappa shape index (κ2) is 5.87. The number of hydrogen-bond acceptors (Lipinski definition) is 2. The molecule has 0 radical (unpaired) electrons. The van der Waals surface area contributed by atoms with Crippen LogP contribution in [-0.4, -0.2) is 36.3 Å². The molecule has 1 aromatic rings. The van der Waals surface area contributed by atoms with Crippen molar-refractivity contribution >= 4 is 11.8 Å². The number of nitrogens with zero attached hydrogens (tertiary/aromatic N) is 1. The maximum absolute atomic E-state index is 11.9. The lowest BCUT2D eigenvalue weighted by Gasteiger charge is -2.15. The number of likely N-dealkylation sites (tertiary alicyclic amines) is 1. The first-order chi connectivity index (χ1) is 9.08. The number of nitrogens with one attached hydrogen (secondary N) is 1. The van der Waals surface area contributed by atoms with Crippen molar-refractivity contribution in [1.82, 2.24) is 10.2 Å². The number of amides is 2. The third kappa shape index (κ3) is 3.34. The summed E-state index contributed by atoms with van der Waals surface area (Å²) in [6.07, 6.45) is 2.13. The molecule has 0 spiro atoms. The summed E-state index contributed by atoms with van der Waals surface area (Å²) in [4.78, 5) is 25.6. The zero-order chi connectivity index (χ0) is 13.8. The molecular formula is C15H20N2O2. The number of carbonyl (C=O) groups is 2. The van der Waals surface area contributed by atoms with E-state index in [1.807, 2.05) is 26.0 Å². The highest BCUT2D eigenvalue weighted by Gasteiger charge is 2.18. The lowest BCUT2D eigenvalue weighted by Crippen LogP contribution is -2.38. The molecule has 0 atom stereocenters. The Bertz CT molecular complexity index is 491. The molecule has 0 aromatic heterocycles. The Balaban J connectivity index is 1.90. The molecule has 1 saturated heterocycles. The topological polar surface area (TPSA) is 49.4 Å². The maximum atomic E-state index is 11.9. The van der Waals surface area contributed by atoms with Gasteiger partial charge in [-0.05, 0) is 49.9 Å². The van der Waals surface area contributed by atoms with E-state index in [0.29, 0.717) is 5.56 Å². The summed E-state index contributed by atoms with van der Waals surface area (Å²) in [6, 6.07) is 5.57. The number of carbonyl (C=O) groups excluding carboxylic acids is 2. The van der Waals surface area contributed by atoms with Gasteiger partial charge in [0.05, 0.1) is 6.54 Å². The molecule has 4 nitrogen and oxygen atoms in total. The average molecular weight is 260 g/mol. The zero-order valence-corrected chi connectivity index (χ0v) is 11.5. The maximum Gasteiger partial charge on any atom is 0.251 e. The Morgan fingerprint density at radius 2 is 1.84 bits per heavy atom. The first kappa shape index (κ1) is 13.6. The molecule has 2 rings (SSSR count). The van der Waals surface area contributed by atoms with Crippen molar-refractivity contribution in [3.8, 4) is 0 Å². The van der Waals surface area contributed by atoms with Crippen molar-refractivity contribution in [3.05, 3.63) is 34.9 Å². The summed E-state index contributed by atoms with van der Waals surface area (Å²) in [5.74, 6) is -0.176. The van der Waals surface area contributed by atoms with Gasteiger partial charge in [0.1, 0.15) is 0 Å². The van der Waals surface area contributed by atoms with Crippen molar-refractivity contribution < 1.29 is 9.59 Å². The summed E-state index contributed by atoms with van der Waals surface area (Å²) >= 11 is 0. The molecule has 1 aromatic carbocycles. The van der Waals surface area contributed by atoms with Crippen LogP contribution in [0.2, 0.25) is 0 Å². The SMILES string of the molecule is Cc1ccc(C(=O)NCC(=O)N2CCCC2)cc1C. The van der Waals surface area contributed by atoms with Crippen LogP contribution in [0.3, 0.4) is 0 Å². The van der Waals surface area contributed by atoms with Gasteiger partial charge in [-0.2, -0.15) is 0 Å². The van der Waals surface area contributed by atoms with Gasteiger partial charge in [-0.15, -0.1) is 0 Å². The molecule has 0 bridgehead atoms. The largest absolute Gasteiger partial charge is 0.343 e. The van der Waals surface area contributed by atoms with Crippen molar-refractivity contribution in [2.24, 2.45) is 0 Å². The van der Waals surface area contributed by atoms with Gasteiger partial charge < -0.3 is 10.2 Å². The number of rotatable bonds is 3. The summed E-state index contributed by atoms with van der Waals surface area (Å²) < 4.78 is 0. The Morgan fingerprint density at radius 1 is 1.16 bits per heavy atom. The van der Waals surface area contributed by atoms with Crippen LogP contribution < -0.4 is 5.32 Å². The van der Waals surface area contributed by atoms with Gasteiger partial charge in [-0.1, -0.05) is 6.07 Å². The highest BCUT2D eigenvalue weighted by atomic mass is 16.2. The van der Waals surface area contributed by atoms with E-state index in [2.05, 4.69) is 5.32 Å². The van der Waals surface area contributed by atoms with E-state index in [1.165, 1.54) is 0 Å². The normalized spacial score (nSPS) is 14.5. The average Bonchev–Trinajstić information content (AvgIpc) is 2.92. The Morgan fingerprint density at radius 3 is 2.47 bits per heavy atom. The first-order valence-electron chi connectivity index (χ1n) is 6.71. The molecule has 0 saturated carbocycles. The molecule has 1 aliphatic heterocycles. The number of hydrogen-bond donors (Lipinski definition) is 1. The van der Waals surface area contributed by atoms with Crippen LogP contribution in [0, 0.1) is 13.8 Å². The number of aryl methyl sites for hydroxylation is 2. The molecule has 2 amide bonds. The molecule has 0 unspecified atom stereocenters. The van der Waals surface area contributed by atoms with Gasteiger partial charge in [0.2, 0.25) is 5.91 Å². The Hall–Kier alpha value is -1.84. The second-order valence-electron chi connectivity index (χ2n) is 5.07. The monoisotopic (exact) mass is 260 g/mol. The van der Waals surface area contributed by atoms with E-state index in [4.69, 9.17) is 0 Å². The molecule has 1 heterocycles. The first-order valence-corrected chi connectivity index (χ1v) is 6.71. The van der Waals surface area contributed by atoms with E-state index in [1.54, 1.807) is 11.0 Å². The zero-order valence-electron chi connectivity index (χ0n) is 11.5. The fraction of sp³-hybridized carbons (Fsp3) is 0.467. The smallest absolute Gasteiger partial charge is 0.251 e. The minimum absolute atomic E-state index is 0.00897. The minimum Gasteiger partial charge on any atom is -0.343 e. The second-order valence-corrected chi connectivity index (χ2v) is 5.07. The van der Waals surface area contributed by atoms with Crippen molar-refractivity contribution in [1.29, 1.82) is 0 Å². The van der Waals surface area contributed by atoms with Crippen LogP contribution in [-0.2, 0) is 4.79 Å². The Kier molecular flexibility index (Phi) is 4.20. The van der Waals surface area contributed by atoms with Gasteiger partial charge in [0.15, 0.2) is 0 Å². The predicted molar refractivity (Wildman–Crippen MR) is 74.1 cm³/mol. The lowest BCUT2D eigenvalue weighted by molar-refractivity contribution is -0.129. The van der Waals surface area contributed by atoms with Crippen molar-refractivity contribution in [2.45, 2.75) is 26.7 Å². The van der Waals surface area contributed by atoms with Crippen LogP contribution in [0.5, 0.6) is 0 Å². The highest BCUT2D eigenvalue weighted by Crippen LogP contribution is 2.10. The van der Waals surface area contributed by atoms with Crippen LogP contribution >= 0.6 is 0 Å². The molecule has 1 fully saturated rings. The van der Waals surface area contributed by atoms with E-state index in [-0.39, 0.29) is 18.4 Å². The van der Waals surface area contributed by atoms with Gasteiger partial charge in [0.25, 0.3) is 5.91 Å². The van der Waals surface area contributed by atoms with E-state index in [9.17, 15) is 9.59 Å². The Labute approximate surface area is 113 Å². The van der Waals surface area contributed by atoms with Gasteiger partial charge in [-0.3, -0.25) is 9.59 Å². The van der Waals surface area contributed by atoms with Crippen molar-refractivity contribution in [3.63, 3.8) is 0 Å². The van der Waals surface area contributed by atoms with E-state index >= 15 is 0 Å². The third-order valence-electron chi connectivity index (χ3n) is 3.63. The van der Waals surface area contributed by atoms with Crippen LogP contribution in [0.15, 0.2) is 18.2 Å². The van der Waals surface area contributed by atoms with Gasteiger partial charge in [-0.25, -0.2) is 0 Å². The fourth-order valence-electron chi connectivity index (χ4n) is 2.22. The van der Waals surface area contributed by atoms with Gasteiger partial charge in [0, 0.05) is 18.7 Å². The molecule has 1 aliphatic rings. The summed E-state index contributed by atoms with van der Waals surface area (Å²) in [7, 11) is 0. The molecule has 4 heteroatoms. The standard InChI is InChI=1S/C15H20N2O2/c1-11-5-6-13(9-12(11)2)15(19)16-10-14(18)17-7-3-4-8-17/h5-6,9H,3-4,7-8,10H2,1-2H3,(H,16,19). The van der Waals surface area contributed by atoms with E-state index in [0.717, 1.165) is 37.1 Å². The fourth-order valence-corrected chi connectivity index (χ4v) is 2.22. The van der Waals surface area contributed by atoms with E-state index < -0.39 is 0 Å². The highest BCUT2D eigenvalue weighted by molar-refractivity contribution is 5.96. The lowest BCUT2D eigenvalue weighted by atomic mass is 10.1. The summed E-state index contributed by atoms with van der Waals surface area (Å²) in [5.41, 5.74) is 2.85. The molecule has 19 heavy (non-hydrogen) atoms. The molecule has 102 valence electrons. The van der Waals surface area contributed by atoms with Crippen LogP contribution in [0.4, 0.5) is 0 Å². The third-order valence-corrected chi connectivity index (χ3v) is 3.63. The molecule has 0 aliphatic carbocycles. The summed E-state index contributed by atoms with van der Waals surface area (Å²) in [5, 5.41) is 2.69. The van der Waals surface area contributed by atoms with Crippen molar-refractivity contribution in [2.75, 3.05) is 19.6 Å². The van der Waals surface area contributed by atoms with Gasteiger partial charge >= 0.3 is 0 Å². The summed E-state index contributed by atoms with van der Waals surface area (Å²) in [6.45, 7) is 5.71. The number of benzene rings is 1.